The van der Waals surface area contributed by atoms with Gasteiger partial charge in [0.05, 0.1) is 36.6 Å². The van der Waals surface area contributed by atoms with E-state index in [4.69, 9.17) is 16.3 Å². The van der Waals surface area contributed by atoms with Gasteiger partial charge in [-0.25, -0.2) is 9.67 Å². The number of benzene rings is 2. The number of nitrogens with one attached hydrogen (secondary N) is 1. The molecule has 33 heavy (non-hydrogen) atoms. The molecule has 0 fully saturated rings. The fourth-order valence-electron chi connectivity index (χ4n) is 4.24. The van der Waals surface area contributed by atoms with Crippen molar-refractivity contribution in [2.75, 3.05) is 12.4 Å². The first-order chi connectivity index (χ1) is 16.0. The molecule has 168 valence electrons. The van der Waals surface area contributed by atoms with E-state index in [0.717, 1.165) is 41.9 Å². The quantitative estimate of drug-likeness (QED) is 0.468. The average molecular weight is 463 g/mol. The van der Waals surface area contributed by atoms with E-state index < -0.39 is 0 Å². The highest BCUT2D eigenvalue weighted by Gasteiger charge is 2.27. The molecule has 0 aliphatic carbocycles. The molecule has 1 aliphatic rings. The number of hydrogen-bond donors (Lipinski definition) is 1. The van der Waals surface area contributed by atoms with Crippen molar-refractivity contribution in [3.05, 3.63) is 82.5 Å². The average Bonchev–Trinajstić information content (AvgIpc) is 3.45. The Balaban J connectivity index is 1.39. The van der Waals surface area contributed by atoms with Gasteiger partial charge in [0.1, 0.15) is 5.75 Å². The van der Waals surface area contributed by atoms with Crippen LogP contribution >= 0.6 is 11.6 Å². The number of amides is 1. The minimum Gasteiger partial charge on any atom is -0.495 e. The highest BCUT2D eigenvalue weighted by atomic mass is 35.5. The van der Waals surface area contributed by atoms with Gasteiger partial charge in [-0.15, -0.1) is 5.10 Å². The Kier molecular flexibility index (Phi) is 5.60. The lowest BCUT2D eigenvalue weighted by Crippen LogP contribution is -2.21. The van der Waals surface area contributed by atoms with Gasteiger partial charge in [0.25, 0.3) is 5.91 Å². The van der Waals surface area contributed by atoms with Gasteiger partial charge in [0, 0.05) is 16.8 Å². The molecule has 8 nitrogen and oxygen atoms in total. The Labute approximate surface area is 196 Å². The third-order valence-electron chi connectivity index (χ3n) is 5.90. The van der Waals surface area contributed by atoms with Crippen LogP contribution in [-0.2, 0) is 6.42 Å². The number of ether oxygens (including phenoxy) is 1. The summed E-state index contributed by atoms with van der Waals surface area (Å²) in [6.07, 6.45) is 6.36. The van der Waals surface area contributed by atoms with Crippen molar-refractivity contribution in [1.29, 1.82) is 0 Å². The third kappa shape index (κ3) is 4.09. The molecule has 1 atom stereocenters. The predicted octanol–water partition coefficient (Wildman–Crippen LogP) is 4.61. The Morgan fingerprint density at radius 2 is 2.03 bits per heavy atom. The molecule has 0 saturated heterocycles. The van der Waals surface area contributed by atoms with Crippen LogP contribution in [0.3, 0.4) is 0 Å². The molecule has 5 rings (SSSR count). The van der Waals surface area contributed by atoms with Crippen LogP contribution in [-0.4, -0.2) is 37.6 Å². The number of aryl methyl sites for hydroxylation is 1. The monoisotopic (exact) mass is 462 g/mol. The fraction of sp³-hybridized carbons (Fsp3) is 0.250. The van der Waals surface area contributed by atoms with E-state index in [1.54, 1.807) is 25.6 Å². The Bertz CT molecular complexity index is 1310. The summed E-state index contributed by atoms with van der Waals surface area (Å²) >= 11 is 6.04. The Morgan fingerprint density at radius 1 is 1.21 bits per heavy atom. The van der Waals surface area contributed by atoms with E-state index in [-0.39, 0.29) is 11.9 Å². The second-order valence-corrected chi connectivity index (χ2v) is 8.49. The first-order valence-electron chi connectivity index (χ1n) is 10.7. The van der Waals surface area contributed by atoms with Gasteiger partial charge in [0.2, 0.25) is 0 Å². The van der Waals surface area contributed by atoms with E-state index in [1.165, 1.54) is 0 Å². The summed E-state index contributed by atoms with van der Waals surface area (Å²) in [5, 5.41) is 12.3. The van der Waals surface area contributed by atoms with Crippen molar-refractivity contribution < 1.29 is 9.53 Å². The molecular weight excluding hydrogens is 440 g/mol. The molecule has 2 aromatic heterocycles. The first kappa shape index (κ1) is 21.2. The fourth-order valence-corrected chi connectivity index (χ4v) is 4.36. The van der Waals surface area contributed by atoms with E-state index >= 15 is 0 Å². The van der Waals surface area contributed by atoms with E-state index in [0.29, 0.717) is 22.2 Å². The van der Waals surface area contributed by atoms with Crippen LogP contribution in [0.25, 0.3) is 5.69 Å². The number of imidazole rings is 1. The topological polar surface area (TPSA) is 86.9 Å². The number of carbonyl (C=O) groups excluding carboxylic acids is 1. The summed E-state index contributed by atoms with van der Waals surface area (Å²) in [5.74, 6) is 0.804. The summed E-state index contributed by atoms with van der Waals surface area (Å²) in [4.78, 5) is 17.3. The lowest BCUT2D eigenvalue weighted by molar-refractivity contribution is 0.102. The van der Waals surface area contributed by atoms with Crippen LogP contribution in [0.15, 0.2) is 55.0 Å². The number of rotatable bonds is 5. The maximum Gasteiger partial charge on any atom is 0.257 e. The van der Waals surface area contributed by atoms with Crippen LogP contribution in [0.5, 0.6) is 5.75 Å². The summed E-state index contributed by atoms with van der Waals surface area (Å²) in [6, 6.07) is 13.2. The zero-order chi connectivity index (χ0) is 22.9. The molecule has 0 spiro atoms. The molecule has 0 saturated carbocycles. The first-order valence-corrected chi connectivity index (χ1v) is 11.1. The Morgan fingerprint density at radius 3 is 2.76 bits per heavy atom. The molecule has 1 unspecified atom stereocenters. The Hall–Kier alpha value is -3.65. The molecule has 2 aromatic carbocycles. The van der Waals surface area contributed by atoms with Crippen molar-refractivity contribution in [2.45, 2.75) is 32.2 Å². The molecule has 0 radical (unpaired) electrons. The maximum absolute atomic E-state index is 13.0. The number of halogens is 1. The highest BCUT2D eigenvalue weighted by molar-refractivity contribution is 6.30. The van der Waals surface area contributed by atoms with E-state index in [2.05, 4.69) is 20.6 Å². The minimum atomic E-state index is -0.265. The molecule has 0 bridgehead atoms. The normalized spacial score (nSPS) is 15.2. The van der Waals surface area contributed by atoms with E-state index in [1.807, 2.05) is 52.7 Å². The molecular formula is C24H23ClN6O2. The largest absolute Gasteiger partial charge is 0.495 e. The van der Waals surface area contributed by atoms with Gasteiger partial charge in [-0.2, -0.15) is 0 Å². The SMILES string of the molecule is COc1cc(C(=O)Nc2nnn3c2CCCC3c2ccc(Cl)cc2)ccc1-n1cnc(C)c1. The van der Waals surface area contributed by atoms with Crippen LogP contribution in [0.1, 0.15) is 46.2 Å². The standard InChI is InChI=1S/C24H23ClN6O2/c1-15-13-30(14-26-15)20-11-8-17(12-22(20)33-2)24(32)27-23-21-5-3-4-19(31(21)29-28-23)16-6-9-18(25)10-7-16/h6-14,19H,3-5H2,1-2H3,(H,27,32). The van der Waals surface area contributed by atoms with Crippen molar-refractivity contribution >= 4 is 23.3 Å². The lowest BCUT2D eigenvalue weighted by Gasteiger charge is -2.24. The maximum atomic E-state index is 13.0. The van der Waals surface area contributed by atoms with Gasteiger partial charge in [-0.05, 0) is 62.1 Å². The number of aromatic nitrogens is 5. The summed E-state index contributed by atoms with van der Waals surface area (Å²) in [6.45, 7) is 1.92. The third-order valence-corrected chi connectivity index (χ3v) is 6.15. The number of methoxy groups -OCH3 is 1. The molecule has 3 heterocycles. The van der Waals surface area contributed by atoms with Crippen LogP contribution < -0.4 is 10.1 Å². The number of hydrogen-bond acceptors (Lipinski definition) is 5. The van der Waals surface area contributed by atoms with Crippen LogP contribution in [0.4, 0.5) is 5.82 Å². The summed E-state index contributed by atoms with van der Waals surface area (Å²) in [7, 11) is 1.58. The number of fused-ring (bicyclic) bond motifs is 1. The summed E-state index contributed by atoms with van der Waals surface area (Å²) in [5.41, 5.74) is 4.22. The van der Waals surface area contributed by atoms with Gasteiger partial charge >= 0.3 is 0 Å². The molecule has 9 heteroatoms. The minimum absolute atomic E-state index is 0.0715. The van der Waals surface area contributed by atoms with Crippen LogP contribution in [0.2, 0.25) is 5.02 Å². The van der Waals surface area contributed by atoms with Crippen LogP contribution in [0, 0.1) is 6.92 Å². The van der Waals surface area contributed by atoms with E-state index in [9.17, 15) is 4.79 Å². The zero-order valence-corrected chi connectivity index (χ0v) is 19.1. The van der Waals surface area contributed by atoms with Gasteiger partial charge < -0.3 is 14.6 Å². The second kappa shape index (κ2) is 8.71. The van der Waals surface area contributed by atoms with Gasteiger partial charge in [-0.1, -0.05) is 28.9 Å². The molecule has 1 aliphatic heterocycles. The highest BCUT2D eigenvalue weighted by Crippen LogP contribution is 2.33. The smallest absolute Gasteiger partial charge is 0.257 e. The van der Waals surface area contributed by atoms with Gasteiger partial charge in [0.15, 0.2) is 5.82 Å². The van der Waals surface area contributed by atoms with Gasteiger partial charge in [-0.3, -0.25) is 4.79 Å². The summed E-state index contributed by atoms with van der Waals surface area (Å²) < 4.78 is 9.30. The number of nitrogens with zero attached hydrogens (tertiary/aromatic N) is 5. The van der Waals surface area contributed by atoms with Crippen molar-refractivity contribution in [2.24, 2.45) is 0 Å². The predicted molar refractivity (Wildman–Crippen MR) is 125 cm³/mol. The second-order valence-electron chi connectivity index (χ2n) is 8.05. The van der Waals surface area contributed by atoms with Crippen molar-refractivity contribution in [3.63, 3.8) is 0 Å². The number of carbonyl (C=O) groups is 1. The van der Waals surface area contributed by atoms with Crippen molar-refractivity contribution in [1.82, 2.24) is 24.5 Å². The zero-order valence-electron chi connectivity index (χ0n) is 18.3. The molecule has 1 amide bonds. The molecule has 4 aromatic rings. The number of anilines is 1. The lowest BCUT2D eigenvalue weighted by atomic mass is 9.96. The molecule has 1 N–H and O–H groups in total. The van der Waals surface area contributed by atoms with Crippen molar-refractivity contribution in [3.8, 4) is 11.4 Å².